The summed E-state index contributed by atoms with van der Waals surface area (Å²) >= 11 is 0. The number of carbonyl (C=O) groups excluding carboxylic acids is 1. The van der Waals surface area contributed by atoms with Crippen molar-refractivity contribution >= 4 is 28.4 Å². The third-order valence-electron chi connectivity index (χ3n) is 6.59. The van der Waals surface area contributed by atoms with E-state index in [4.69, 9.17) is 15.1 Å². The maximum atomic E-state index is 13.2. The Morgan fingerprint density at radius 1 is 1.03 bits per heavy atom. The number of hydrogen-bond donors (Lipinski definition) is 0. The van der Waals surface area contributed by atoms with Crippen molar-refractivity contribution in [3.8, 4) is 5.69 Å². The second kappa shape index (κ2) is 10.3. The van der Waals surface area contributed by atoms with E-state index in [2.05, 4.69) is 11.8 Å². The van der Waals surface area contributed by atoms with E-state index in [0.29, 0.717) is 25.2 Å². The Kier molecular flexibility index (Phi) is 6.80. The van der Waals surface area contributed by atoms with Gasteiger partial charge in [-0.2, -0.15) is 5.10 Å². The molecule has 0 spiro atoms. The van der Waals surface area contributed by atoms with Crippen LogP contribution in [0.4, 0.5) is 11.5 Å². The maximum Gasteiger partial charge on any atom is 0.270 e. The first-order valence-corrected chi connectivity index (χ1v) is 12.6. The highest BCUT2D eigenvalue weighted by Gasteiger charge is 2.26. The van der Waals surface area contributed by atoms with Gasteiger partial charge in [0.2, 0.25) is 0 Å². The van der Waals surface area contributed by atoms with E-state index < -0.39 is 4.92 Å². The summed E-state index contributed by atoms with van der Waals surface area (Å²) in [6.07, 6.45) is 2.43. The van der Waals surface area contributed by atoms with Crippen LogP contribution in [0, 0.1) is 17.0 Å². The molecule has 1 aliphatic rings. The van der Waals surface area contributed by atoms with Crippen molar-refractivity contribution in [1.82, 2.24) is 24.6 Å². The number of hydrogen-bond acceptors (Lipinski definition) is 7. The Morgan fingerprint density at radius 2 is 1.84 bits per heavy atom. The van der Waals surface area contributed by atoms with Crippen molar-refractivity contribution < 1.29 is 9.72 Å². The summed E-state index contributed by atoms with van der Waals surface area (Å²) < 4.78 is 1.88. The lowest BCUT2D eigenvalue weighted by molar-refractivity contribution is -0.384. The number of amides is 1. The number of aryl methyl sites for hydroxylation is 2. The minimum atomic E-state index is -0.479. The van der Waals surface area contributed by atoms with Crippen molar-refractivity contribution in [1.29, 1.82) is 0 Å². The van der Waals surface area contributed by atoms with Crippen LogP contribution in [0.5, 0.6) is 0 Å². The summed E-state index contributed by atoms with van der Waals surface area (Å²) in [6, 6.07) is 15.9. The molecule has 4 aromatic rings. The highest BCUT2D eigenvalue weighted by atomic mass is 16.6. The van der Waals surface area contributed by atoms with Crippen LogP contribution >= 0.6 is 0 Å². The summed E-state index contributed by atoms with van der Waals surface area (Å²) in [5.74, 6) is 1.42. The number of para-hydroxylation sites is 1. The van der Waals surface area contributed by atoms with Gasteiger partial charge >= 0.3 is 0 Å². The normalized spacial score (nSPS) is 14.1. The molecule has 0 N–H and O–H groups in total. The van der Waals surface area contributed by atoms with Gasteiger partial charge in [0.15, 0.2) is 5.65 Å². The highest BCUT2D eigenvalue weighted by Crippen LogP contribution is 2.30. The van der Waals surface area contributed by atoms with Gasteiger partial charge < -0.3 is 9.80 Å². The Morgan fingerprint density at radius 3 is 2.59 bits per heavy atom. The minimum absolute atomic E-state index is 0.0833. The monoisotopic (exact) mass is 499 g/mol. The van der Waals surface area contributed by atoms with Gasteiger partial charge in [0.05, 0.1) is 21.7 Å². The van der Waals surface area contributed by atoms with Gasteiger partial charge in [0, 0.05) is 50.3 Å². The van der Waals surface area contributed by atoms with E-state index >= 15 is 0 Å². The molecule has 0 atom stereocenters. The number of rotatable bonds is 6. The smallest absolute Gasteiger partial charge is 0.270 e. The molecule has 0 bridgehead atoms. The Hall–Kier alpha value is -4.34. The van der Waals surface area contributed by atoms with E-state index in [-0.39, 0.29) is 11.6 Å². The molecular weight excluding hydrogens is 470 g/mol. The topological polar surface area (TPSA) is 110 Å². The molecular formula is C27H29N7O3. The fourth-order valence-corrected chi connectivity index (χ4v) is 4.79. The summed E-state index contributed by atoms with van der Waals surface area (Å²) in [6.45, 7) is 6.46. The summed E-state index contributed by atoms with van der Waals surface area (Å²) in [5.41, 5.74) is 2.83. The van der Waals surface area contributed by atoms with Crippen LogP contribution in [0.25, 0.3) is 16.7 Å². The molecule has 2 aromatic heterocycles. The molecule has 0 saturated carbocycles. The van der Waals surface area contributed by atoms with E-state index in [1.165, 1.54) is 12.1 Å². The summed E-state index contributed by atoms with van der Waals surface area (Å²) in [4.78, 5) is 37.7. The standard InChI is InChI=1S/C27H29N7O3/c1-3-9-23-28-25(24-19(2)30-33(26(24)29-23)21-11-5-4-6-12-21)31-14-8-15-32(17-16-31)27(35)20-10-7-13-22(18-20)34(36)37/h4-7,10-13,18H,3,8-9,14-17H2,1-2H3. The lowest BCUT2D eigenvalue weighted by Crippen LogP contribution is -2.35. The number of fused-ring (bicyclic) bond motifs is 1. The van der Waals surface area contributed by atoms with E-state index in [1.54, 1.807) is 17.0 Å². The molecule has 1 saturated heterocycles. The fraction of sp³-hybridized carbons (Fsp3) is 0.333. The quantitative estimate of drug-likeness (QED) is 0.287. The molecule has 1 fully saturated rings. The number of nitro benzene ring substituents is 1. The molecule has 0 aliphatic carbocycles. The molecule has 37 heavy (non-hydrogen) atoms. The average molecular weight is 500 g/mol. The molecule has 3 heterocycles. The molecule has 10 nitrogen and oxygen atoms in total. The van der Waals surface area contributed by atoms with Gasteiger partial charge in [0.25, 0.3) is 11.6 Å². The maximum absolute atomic E-state index is 13.2. The Bertz CT molecular complexity index is 1450. The largest absolute Gasteiger partial charge is 0.354 e. The zero-order valence-electron chi connectivity index (χ0n) is 21.0. The number of aromatic nitrogens is 4. The summed E-state index contributed by atoms with van der Waals surface area (Å²) in [7, 11) is 0. The first-order chi connectivity index (χ1) is 18.0. The zero-order valence-corrected chi connectivity index (χ0v) is 21.0. The van der Waals surface area contributed by atoms with Crippen LogP contribution in [0.2, 0.25) is 0 Å². The Balaban J connectivity index is 1.47. The van der Waals surface area contributed by atoms with Crippen LogP contribution in [0.3, 0.4) is 0 Å². The number of nitro groups is 1. The van der Waals surface area contributed by atoms with Crippen LogP contribution in [0.1, 0.15) is 41.6 Å². The molecule has 2 aromatic carbocycles. The third kappa shape index (κ3) is 4.87. The van der Waals surface area contributed by atoms with Crippen LogP contribution in [0.15, 0.2) is 54.6 Å². The number of non-ortho nitro benzene ring substituents is 1. The zero-order chi connectivity index (χ0) is 25.9. The van der Waals surface area contributed by atoms with Gasteiger partial charge in [-0.1, -0.05) is 31.2 Å². The Labute approximate surface area is 214 Å². The van der Waals surface area contributed by atoms with Gasteiger partial charge in [0.1, 0.15) is 11.6 Å². The fourth-order valence-electron chi connectivity index (χ4n) is 4.79. The molecule has 1 aliphatic heterocycles. The van der Waals surface area contributed by atoms with E-state index in [0.717, 1.165) is 59.9 Å². The lowest BCUT2D eigenvalue weighted by Gasteiger charge is -2.24. The molecule has 0 unspecified atom stereocenters. The lowest BCUT2D eigenvalue weighted by atomic mass is 10.1. The van der Waals surface area contributed by atoms with Crippen molar-refractivity contribution in [2.45, 2.75) is 33.1 Å². The van der Waals surface area contributed by atoms with Gasteiger partial charge in [-0.15, -0.1) is 0 Å². The summed E-state index contributed by atoms with van der Waals surface area (Å²) in [5, 5.41) is 16.9. The number of carbonyl (C=O) groups is 1. The number of benzene rings is 2. The molecule has 190 valence electrons. The van der Waals surface area contributed by atoms with Gasteiger partial charge in [-0.25, -0.2) is 14.6 Å². The minimum Gasteiger partial charge on any atom is -0.354 e. The molecule has 0 radical (unpaired) electrons. The first-order valence-electron chi connectivity index (χ1n) is 12.6. The van der Waals surface area contributed by atoms with E-state index in [9.17, 15) is 14.9 Å². The molecule has 1 amide bonds. The van der Waals surface area contributed by atoms with Crippen molar-refractivity contribution in [2.75, 3.05) is 31.1 Å². The van der Waals surface area contributed by atoms with Crippen molar-refractivity contribution in [3.63, 3.8) is 0 Å². The molecule has 5 rings (SSSR count). The first kappa shape index (κ1) is 24.4. The van der Waals surface area contributed by atoms with Crippen LogP contribution < -0.4 is 4.90 Å². The predicted molar refractivity (Wildman–Crippen MR) is 141 cm³/mol. The average Bonchev–Trinajstić information content (AvgIpc) is 3.08. The SMILES string of the molecule is CCCc1nc(N2CCCN(C(=O)c3cccc([N+](=O)[O-])c3)CC2)c2c(C)nn(-c3ccccc3)c2n1. The third-order valence-corrected chi connectivity index (χ3v) is 6.59. The highest BCUT2D eigenvalue weighted by molar-refractivity contribution is 5.95. The second-order valence-electron chi connectivity index (χ2n) is 9.19. The van der Waals surface area contributed by atoms with Gasteiger partial charge in [-0.05, 0) is 38.0 Å². The number of anilines is 1. The second-order valence-corrected chi connectivity index (χ2v) is 9.19. The van der Waals surface area contributed by atoms with Crippen LogP contribution in [-0.2, 0) is 6.42 Å². The van der Waals surface area contributed by atoms with Crippen LogP contribution in [-0.4, -0.2) is 61.7 Å². The predicted octanol–water partition coefficient (Wildman–Crippen LogP) is 4.34. The van der Waals surface area contributed by atoms with Crippen molar-refractivity contribution in [3.05, 3.63) is 81.8 Å². The van der Waals surface area contributed by atoms with E-state index in [1.807, 2.05) is 41.9 Å². The van der Waals surface area contributed by atoms with Gasteiger partial charge in [-0.3, -0.25) is 14.9 Å². The molecule has 10 heteroatoms. The number of nitrogens with zero attached hydrogens (tertiary/aromatic N) is 7. The van der Waals surface area contributed by atoms with Crippen molar-refractivity contribution in [2.24, 2.45) is 0 Å².